The Hall–Kier alpha value is -2.83. The van der Waals surface area contributed by atoms with Gasteiger partial charge in [0.05, 0.1) is 11.9 Å². The SMILES string of the molecule is CC(C)c1ccc(/C=N\O[C@@H](C)C(=O)Nc2ccc(F)c(F)c2F)cc1. The fourth-order valence-electron chi connectivity index (χ4n) is 2.05. The van der Waals surface area contributed by atoms with Crippen LogP contribution in [0.4, 0.5) is 18.9 Å². The van der Waals surface area contributed by atoms with E-state index in [2.05, 4.69) is 24.3 Å². The number of oxime groups is 1. The zero-order valence-electron chi connectivity index (χ0n) is 14.6. The summed E-state index contributed by atoms with van der Waals surface area (Å²) in [5.41, 5.74) is 1.50. The molecule has 0 aromatic heterocycles. The molecule has 7 heteroatoms. The van der Waals surface area contributed by atoms with Crippen LogP contribution in [-0.4, -0.2) is 18.2 Å². The quantitative estimate of drug-likeness (QED) is 0.462. The van der Waals surface area contributed by atoms with Crippen LogP contribution in [0.1, 0.15) is 37.8 Å². The van der Waals surface area contributed by atoms with E-state index < -0.39 is 35.2 Å². The average Bonchev–Trinajstić information content (AvgIpc) is 2.62. The lowest BCUT2D eigenvalue weighted by molar-refractivity contribution is -0.126. The zero-order chi connectivity index (χ0) is 19.3. The molecular weight excluding hydrogens is 345 g/mol. The van der Waals surface area contributed by atoms with E-state index in [1.165, 1.54) is 18.7 Å². The fourth-order valence-corrected chi connectivity index (χ4v) is 2.05. The van der Waals surface area contributed by atoms with Crippen LogP contribution in [-0.2, 0) is 9.63 Å². The maximum absolute atomic E-state index is 13.5. The largest absolute Gasteiger partial charge is 0.383 e. The number of rotatable bonds is 6. The average molecular weight is 364 g/mol. The van der Waals surface area contributed by atoms with Crippen LogP contribution in [0.15, 0.2) is 41.6 Å². The molecular formula is C19H19F3N2O2. The second-order valence-corrected chi connectivity index (χ2v) is 6.02. The number of nitrogens with one attached hydrogen (secondary N) is 1. The first-order valence-electron chi connectivity index (χ1n) is 8.03. The third-order valence-corrected chi connectivity index (χ3v) is 3.69. The van der Waals surface area contributed by atoms with Crippen molar-refractivity contribution in [1.82, 2.24) is 0 Å². The van der Waals surface area contributed by atoms with Gasteiger partial charge in [-0.25, -0.2) is 13.2 Å². The van der Waals surface area contributed by atoms with E-state index in [9.17, 15) is 18.0 Å². The lowest BCUT2D eigenvalue weighted by Crippen LogP contribution is -2.27. The number of benzene rings is 2. The number of halogens is 3. The lowest BCUT2D eigenvalue weighted by atomic mass is 10.0. The molecule has 0 saturated heterocycles. The van der Waals surface area contributed by atoms with Crippen LogP contribution < -0.4 is 5.32 Å². The maximum atomic E-state index is 13.5. The highest BCUT2D eigenvalue weighted by molar-refractivity contribution is 5.94. The van der Waals surface area contributed by atoms with Crippen LogP contribution in [0.2, 0.25) is 0 Å². The number of anilines is 1. The van der Waals surface area contributed by atoms with Crippen LogP contribution in [0.5, 0.6) is 0 Å². The minimum atomic E-state index is -1.65. The minimum Gasteiger partial charge on any atom is -0.383 e. The second-order valence-electron chi connectivity index (χ2n) is 6.02. The highest BCUT2D eigenvalue weighted by atomic mass is 19.2. The molecule has 2 aromatic rings. The molecule has 1 N–H and O–H groups in total. The summed E-state index contributed by atoms with van der Waals surface area (Å²) in [4.78, 5) is 16.9. The van der Waals surface area contributed by atoms with Gasteiger partial charge in [0.2, 0.25) is 6.10 Å². The highest BCUT2D eigenvalue weighted by Gasteiger charge is 2.19. The van der Waals surface area contributed by atoms with Crippen molar-refractivity contribution in [2.45, 2.75) is 32.8 Å². The maximum Gasteiger partial charge on any atom is 0.268 e. The van der Waals surface area contributed by atoms with Gasteiger partial charge in [0.1, 0.15) is 0 Å². The predicted octanol–water partition coefficient (Wildman–Crippen LogP) is 4.61. The number of carbonyl (C=O) groups excluding carboxylic acids is 1. The van der Waals surface area contributed by atoms with Crippen molar-refractivity contribution in [3.8, 4) is 0 Å². The van der Waals surface area contributed by atoms with Gasteiger partial charge in [-0.3, -0.25) is 4.79 Å². The lowest BCUT2D eigenvalue weighted by Gasteiger charge is -2.11. The summed E-state index contributed by atoms with van der Waals surface area (Å²) in [7, 11) is 0. The summed E-state index contributed by atoms with van der Waals surface area (Å²) in [5.74, 6) is -4.80. The van der Waals surface area contributed by atoms with Crippen molar-refractivity contribution < 1.29 is 22.8 Å². The molecule has 0 aliphatic rings. The number of carbonyl (C=O) groups is 1. The van der Waals surface area contributed by atoms with Crippen molar-refractivity contribution in [2.24, 2.45) is 5.16 Å². The standard InChI is InChI=1S/C19H19F3N2O2/c1-11(2)14-6-4-13(5-7-14)10-23-26-12(3)19(25)24-16-9-8-15(20)17(21)18(16)22/h4-12H,1-3H3,(H,24,25)/b23-10-/t12-/m0/s1. The third kappa shape index (κ3) is 4.84. The number of nitrogens with zero attached hydrogens (tertiary/aromatic N) is 1. The van der Waals surface area contributed by atoms with Crippen LogP contribution >= 0.6 is 0 Å². The minimum absolute atomic E-state index is 0.414. The molecule has 0 unspecified atom stereocenters. The van der Waals surface area contributed by atoms with Gasteiger partial charge in [0, 0.05) is 0 Å². The Morgan fingerprint density at radius 2 is 1.69 bits per heavy atom. The number of hydrogen-bond donors (Lipinski definition) is 1. The van der Waals surface area contributed by atoms with E-state index in [0.717, 1.165) is 17.7 Å². The first-order valence-corrected chi connectivity index (χ1v) is 8.03. The van der Waals surface area contributed by atoms with Gasteiger partial charge in [0.15, 0.2) is 17.5 Å². The molecule has 0 saturated carbocycles. The highest BCUT2D eigenvalue weighted by Crippen LogP contribution is 2.20. The molecule has 2 aromatic carbocycles. The molecule has 1 amide bonds. The molecule has 0 bridgehead atoms. The molecule has 0 aliphatic heterocycles. The Kier molecular flexibility index (Phi) is 6.38. The normalized spacial score (nSPS) is 12.4. The van der Waals surface area contributed by atoms with Gasteiger partial charge < -0.3 is 10.2 Å². The van der Waals surface area contributed by atoms with Crippen molar-refractivity contribution in [3.63, 3.8) is 0 Å². The zero-order valence-corrected chi connectivity index (χ0v) is 14.6. The van der Waals surface area contributed by atoms with Crippen LogP contribution in [0.25, 0.3) is 0 Å². The van der Waals surface area contributed by atoms with E-state index in [4.69, 9.17) is 4.84 Å². The Morgan fingerprint density at radius 3 is 2.31 bits per heavy atom. The van der Waals surface area contributed by atoms with Gasteiger partial charge in [-0.15, -0.1) is 0 Å². The van der Waals surface area contributed by atoms with Gasteiger partial charge >= 0.3 is 0 Å². The Labute approximate surface area is 149 Å². The smallest absolute Gasteiger partial charge is 0.268 e. The summed E-state index contributed by atoms with van der Waals surface area (Å²) in [6, 6.07) is 9.31. The summed E-state index contributed by atoms with van der Waals surface area (Å²) in [5, 5.41) is 5.85. The van der Waals surface area contributed by atoms with Gasteiger partial charge in [0.25, 0.3) is 5.91 Å². The van der Waals surface area contributed by atoms with E-state index >= 15 is 0 Å². The molecule has 0 spiro atoms. The van der Waals surface area contributed by atoms with Crippen LogP contribution in [0, 0.1) is 17.5 Å². The van der Waals surface area contributed by atoms with Crippen molar-refractivity contribution in [2.75, 3.05) is 5.32 Å². The molecule has 0 fully saturated rings. The fraction of sp³-hybridized carbons (Fsp3) is 0.263. The van der Waals surface area contributed by atoms with E-state index in [0.29, 0.717) is 5.92 Å². The number of hydrogen-bond acceptors (Lipinski definition) is 3. The van der Waals surface area contributed by atoms with E-state index in [1.807, 2.05) is 24.3 Å². The molecule has 4 nitrogen and oxygen atoms in total. The van der Waals surface area contributed by atoms with Gasteiger partial charge in [-0.1, -0.05) is 43.3 Å². The summed E-state index contributed by atoms with van der Waals surface area (Å²) in [6.07, 6.45) is 0.375. The summed E-state index contributed by atoms with van der Waals surface area (Å²) >= 11 is 0. The predicted molar refractivity (Wildman–Crippen MR) is 93.6 cm³/mol. The molecule has 0 radical (unpaired) electrons. The molecule has 0 heterocycles. The molecule has 2 rings (SSSR count). The first-order chi connectivity index (χ1) is 12.3. The summed E-state index contributed by atoms with van der Waals surface area (Å²) in [6.45, 7) is 5.57. The van der Waals surface area contributed by atoms with Crippen molar-refractivity contribution in [1.29, 1.82) is 0 Å². The van der Waals surface area contributed by atoms with Crippen molar-refractivity contribution >= 4 is 17.8 Å². The van der Waals surface area contributed by atoms with E-state index in [1.54, 1.807) is 0 Å². The molecule has 138 valence electrons. The van der Waals surface area contributed by atoms with E-state index in [-0.39, 0.29) is 0 Å². The summed E-state index contributed by atoms with van der Waals surface area (Å²) < 4.78 is 39.6. The Balaban J connectivity index is 1.93. The number of amides is 1. The topological polar surface area (TPSA) is 50.7 Å². The Bertz CT molecular complexity index is 805. The molecule has 1 atom stereocenters. The van der Waals surface area contributed by atoms with Gasteiger partial charge in [-0.05, 0) is 36.1 Å². The third-order valence-electron chi connectivity index (χ3n) is 3.69. The second kappa shape index (κ2) is 8.51. The van der Waals surface area contributed by atoms with Crippen molar-refractivity contribution in [3.05, 3.63) is 65.0 Å². The van der Waals surface area contributed by atoms with Gasteiger partial charge in [-0.2, -0.15) is 0 Å². The molecule has 0 aliphatic carbocycles. The molecule has 26 heavy (non-hydrogen) atoms. The monoisotopic (exact) mass is 364 g/mol. The first kappa shape index (κ1) is 19.5. The van der Waals surface area contributed by atoms with Crippen LogP contribution in [0.3, 0.4) is 0 Å². The Morgan fingerprint density at radius 1 is 1.04 bits per heavy atom.